The number of benzene rings is 1. The molecule has 2 fully saturated rings. The number of imide groups is 2. The first-order chi connectivity index (χ1) is 27.6. The molecule has 2 atom stereocenters. The minimum atomic E-state index is -1.01. The van der Waals surface area contributed by atoms with E-state index in [2.05, 4.69) is 37.6 Å². The van der Waals surface area contributed by atoms with Gasteiger partial charge in [-0.25, -0.2) is 9.97 Å². The third-order valence-electron chi connectivity index (χ3n) is 11.1. The van der Waals surface area contributed by atoms with Crippen LogP contribution in [0.5, 0.6) is 0 Å². The largest absolute Gasteiger partial charge is 0.383 e. The van der Waals surface area contributed by atoms with Crippen LogP contribution in [0.3, 0.4) is 0 Å². The Balaban J connectivity index is 0.881. The van der Waals surface area contributed by atoms with Crippen molar-refractivity contribution in [3.63, 3.8) is 0 Å². The molecule has 4 aromatic rings. The van der Waals surface area contributed by atoms with Crippen molar-refractivity contribution in [2.45, 2.75) is 71.2 Å². The first-order valence-electron chi connectivity index (χ1n) is 19.4. The van der Waals surface area contributed by atoms with Gasteiger partial charge < -0.3 is 19.5 Å². The van der Waals surface area contributed by atoms with E-state index in [0.29, 0.717) is 80.6 Å². The van der Waals surface area contributed by atoms with Crippen molar-refractivity contribution >= 4 is 46.9 Å². The predicted octanol–water partition coefficient (Wildman–Crippen LogP) is 2.87. The quantitative estimate of drug-likeness (QED) is 0.141. The average molecular weight is 776 g/mol. The molecule has 1 unspecified atom stereocenters. The van der Waals surface area contributed by atoms with Gasteiger partial charge in [-0.05, 0) is 76.6 Å². The van der Waals surface area contributed by atoms with E-state index in [4.69, 9.17) is 14.7 Å². The van der Waals surface area contributed by atoms with Gasteiger partial charge >= 0.3 is 0 Å². The van der Waals surface area contributed by atoms with E-state index in [1.54, 1.807) is 29.4 Å². The van der Waals surface area contributed by atoms with E-state index >= 15 is 0 Å². The summed E-state index contributed by atoms with van der Waals surface area (Å²) < 4.78 is 7.87. The second kappa shape index (κ2) is 15.8. The number of nitrogens with zero attached hydrogens (tertiary/aromatic N) is 9. The van der Waals surface area contributed by atoms with E-state index in [0.717, 1.165) is 41.4 Å². The zero-order valence-corrected chi connectivity index (χ0v) is 32.2. The van der Waals surface area contributed by atoms with Gasteiger partial charge in [0.1, 0.15) is 29.7 Å². The van der Waals surface area contributed by atoms with E-state index in [-0.39, 0.29) is 29.9 Å². The second-order valence-corrected chi connectivity index (χ2v) is 14.8. The maximum atomic E-state index is 14.1. The molecule has 0 spiro atoms. The highest BCUT2D eigenvalue weighted by Crippen LogP contribution is 2.35. The van der Waals surface area contributed by atoms with Gasteiger partial charge in [0, 0.05) is 56.4 Å². The summed E-state index contributed by atoms with van der Waals surface area (Å²) in [6.45, 7) is 8.59. The summed E-state index contributed by atoms with van der Waals surface area (Å²) >= 11 is 0. The van der Waals surface area contributed by atoms with Gasteiger partial charge in [-0.15, -0.1) is 10.2 Å². The molecule has 0 bridgehead atoms. The fraction of sp³-hybridized carbons (Fsp3) is 0.425. The lowest BCUT2D eigenvalue weighted by atomic mass is 10.0. The molecule has 1 aromatic carbocycles. The molecule has 0 radical (unpaired) electrons. The summed E-state index contributed by atoms with van der Waals surface area (Å²) in [6, 6.07) is 11.8. The number of likely N-dealkylation sites (N-methyl/N-ethyl adjacent to an activating group) is 1. The van der Waals surface area contributed by atoms with Crippen molar-refractivity contribution in [2.24, 2.45) is 0 Å². The lowest BCUT2D eigenvalue weighted by Crippen LogP contribution is -2.54. The van der Waals surface area contributed by atoms with Crippen molar-refractivity contribution in [3.05, 3.63) is 76.7 Å². The van der Waals surface area contributed by atoms with Gasteiger partial charge in [0.25, 0.3) is 17.7 Å². The molecule has 2 N–H and O–H groups in total. The number of carbonyl (C=O) groups is 5. The van der Waals surface area contributed by atoms with Crippen LogP contribution in [-0.4, -0.2) is 116 Å². The number of ether oxygens (including phenoxy) is 1. The molecule has 2 saturated heterocycles. The summed E-state index contributed by atoms with van der Waals surface area (Å²) in [5.41, 5.74) is 4.13. The molecule has 5 amide bonds. The Morgan fingerprint density at radius 2 is 1.79 bits per heavy atom. The van der Waals surface area contributed by atoms with Crippen molar-refractivity contribution in [3.8, 4) is 11.5 Å². The number of fused-ring (bicyclic) bond motifs is 2. The van der Waals surface area contributed by atoms with Gasteiger partial charge in [0.2, 0.25) is 11.8 Å². The SMILES string of the molecule is CCn1cnnc1-c1cccc(N2Cc3c(cc(N4CCC[C@H]4C)nc3CN(C)CCOCCNc3ccc4c(c3)C(=O)N(C3CCC(=O)NC3=O)C4=O)C2=O)n1. The number of aryl methyl sites for hydroxylation is 1. The third kappa shape index (κ3) is 7.35. The van der Waals surface area contributed by atoms with Crippen LogP contribution in [0.1, 0.15) is 81.9 Å². The van der Waals surface area contributed by atoms with Crippen LogP contribution in [0.25, 0.3) is 11.5 Å². The third-order valence-corrected chi connectivity index (χ3v) is 11.1. The summed E-state index contributed by atoms with van der Waals surface area (Å²) in [4.78, 5) is 81.3. The highest BCUT2D eigenvalue weighted by molar-refractivity contribution is 6.23. The number of anilines is 3. The lowest BCUT2D eigenvalue weighted by molar-refractivity contribution is -0.136. The normalized spacial score (nSPS) is 19.2. The highest BCUT2D eigenvalue weighted by Gasteiger charge is 2.44. The van der Waals surface area contributed by atoms with Crippen LogP contribution in [0.2, 0.25) is 0 Å². The number of amides is 5. The Labute approximate surface area is 329 Å². The molecule has 3 aromatic heterocycles. The lowest BCUT2D eigenvalue weighted by Gasteiger charge is -2.27. The van der Waals surface area contributed by atoms with Gasteiger partial charge in [-0.1, -0.05) is 6.07 Å². The molecular weight excluding hydrogens is 731 g/mol. The van der Waals surface area contributed by atoms with Crippen LogP contribution in [0.15, 0.2) is 48.8 Å². The van der Waals surface area contributed by atoms with Gasteiger partial charge in [-0.2, -0.15) is 0 Å². The summed E-state index contributed by atoms with van der Waals surface area (Å²) in [7, 11) is 2.01. The monoisotopic (exact) mass is 775 g/mol. The molecule has 0 saturated carbocycles. The average Bonchev–Trinajstić information content (AvgIpc) is 3.99. The van der Waals surface area contributed by atoms with Crippen LogP contribution in [-0.2, 0) is 34.0 Å². The zero-order chi connectivity index (χ0) is 39.8. The number of pyridine rings is 2. The minimum absolute atomic E-state index is 0.0659. The van der Waals surface area contributed by atoms with Crippen LogP contribution in [0.4, 0.5) is 17.3 Å². The molecule has 7 heterocycles. The Kier molecular flexibility index (Phi) is 10.5. The van der Waals surface area contributed by atoms with Crippen LogP contribution in [0, 0.1) is 0 Å². The number of piperidine rings is 1. The standard InChI is InChI=1S/C40H45N11O6/c1-4-48-23-42-46-36(48)30-8-5-9-33(43-30)50-21-29-28(38(50)54)20-34(49-15-6-7-24(49)2)44-31(29)22-47(3)16-18-57-17-14-41-25-10-11-26-27(19-25)40(56)51(39(26)55)32-12-13-35(52)45-37(32)53/h5,8-11,19-20,23-24,32,41H,4,6-7,12-18,21-22H2,1-3H3,(H,45,52,53)/t24-,32?/m1/s1. The number of hydrogen-bond acceptors (Lipinski definition) is 13. The predicted molar refractivity (Wildman–Crippen MR) is 208 cm³/mol. The van der Waals surface area contributed by atoms with Crippen molar-refractivity contribution < 1.29 is 28.7 Å². The Bertz CT molecular complexity index is 2260. The maximum Gasteiger partial charge on any atom is 0.262 e. The van der Waals surface area contributed by atoms with Crippen molar-refractivity contribution in [2.75, 3.05) is 55.0 Å². The Morgan fingerprint density at radius 3 is 2.58 bits per heavy atom. The van der Waals surface area contributed by atoms with Crippen molar-refractivity contribution in [1.82, 2.24) is 39.8 Å². The Morgan fingerprint density at radius 1 is 0.947 bits per heavy atom. The Hall–Kier alpha value is -6.07. The minimum Gasteiger partial charge on any atom is -0.383 e. The van der Waals surface area contributed by atoms with Crippen molar-refractivity contribution in [1.29, 1.82) is 0 Å². The summed E-state index contributed by atoms with van der Waals surface area (Å²) in [5.74, 6) is -0.237. The number of carbonyl (C=O) groups excluding carboxylic acids is 5. The fourth-order valence-corrected chi connectivity index (χ4v) is 7.98. The number of rotatable bonds is 14. The first-order valence-corrected chi connectivity index (χ1v) is 19.4. The first kappa shape index (κ1) is 37.8. The van der Waals surface area contributed by atoms with Gasteiger partial charge in [-0.3, -0.25) is 44.0 Å². The highest BCUT2D eigenvalue weighted by atomic mass is 16.5. The van der Waals surface area contributed by atoms with E-state index in [1.807, 2.05) is 42.8 Å². The molecule has 0 aliphatic carbocycles. The molecule has 8 rings (SSSR count). The van der Waals surface area contributed by atoms with E-state index in [9.17, 15) is 24.0 Å². The van der Waals surface area contributed by atoms with Gasteiger partial charge in [0.05, 0.1) is 42.1 Å². The number of aromatic nitrogens is 5. The molecule has 4 aliphatic heterocycles. The topological polar surface area (TPSA) is 188 Å². The molecule has 17 nitrogen and oxygen atoms in total. The second-order valence-electron chi connectivity index (χ2n) is 14.8. The number of nitrogens with one attached hydrogen (secondary N) is 2. The van der Waals surface area contributed by atoms with E-state index < -0.39 is 29.7 Å². The fourth-order valence-electron chi connectivity index (χ4n) is 7.98. The molecule has 57 heavy (non-hydrogen) atoms. The van der Waals surface area contributed by atoms with Gasteiger partial charge in [0.15, 0.2) is 5.82 Å². The summed E-state index contributed by atoms with van der Waals surface area (Å²) in [6.07, 6.45) is 4.00. The zero-order valence-electron chi connectivity index (χ0n) is 32.2. The smallest absolute Gasteiger partial charge is 0.262 e. The maximum absolute atomic E-state index is 14.1. The van der Waals surface area contributed by atoms with Crippen LogP contribution >= 0.6 is 0 Å². The number of hydrogen-bond donors (Lipinski definition) is 2. The van der Waals surface area contributed by atoms with Crippen LogP contribution < -0.4 is 20.4 Å². The van der Waals surface area contributed by atoms with E-state index in [1.165, 1.54) is 0 Å². The molecule has 296 valence electrons. The summed E-state index contributed by atoms with van der Waals surface area (Å²) in [5, 5.41) is 13.8. The molecular formula is C40H45N11O6. The molecule has 4 aliphatic rings. The molecule has 17 heteroatoms.